The summed E-state index contributed by atoms with van der Waals surface area (Å²) in [5.74, 6) is -0.0768. The van der Waals surface area contributed by atoms with Crippen molar-refractivity contribution in [3.8, 4) is 0 Å². The lowest BCUT2D eigenvalue weighted by molar-refractivity contribution is -0.137. The fourth-order valence-corrected chi connectivity index (χ4v) is 1.19. The van der Waals surface area contributed by atoms with Gasteiger partial charge in [-0.3, -0.25) is 4.79 Å². The third-order valence-corrected chi connectivity index (χ3v) is 2.00. The molecule has 0 unspecified atom stereocenters. The smallest absolute Gasteiger partial charge is 0.316 e. The predicted octanol–water partition coefficient (Wildman–Crippen LogP) is 1.21. The lowest BCUT2D eigenvalue weighted by atomic mass is 10.8. The summed E-state index contributed by atoms with van der Waals surface area (Å²) >= 11 is 5.92. The molecule has 0 fully saturated rings. The summed E-state index contributed by atoms with van der Waals surface area (Å²) < 4.78 is 9.71. The normalized spacial score (nSPS) is 8.91. The highest BCUT2D eigenvalue weighted by Crippen LogP contribution is 2.05. The van der Waals surface area contributed by atoms with Crippen LogP contribution >= 0.6 is 24.0 Å². The first-order chi connectivity index (χ1) is 5.20. The van der Waals surface area contributed by atoms with Crippen molar-refractivity contribution in [2.75, 3.05) is 19.5 Å². The van der Waals surface area contributed by atoms with E-state index < -0.39 is 0 Å². The number of rotatable bonds is 3. The molecule has 0 aliphatic carbocycles. The predicted molar refractivity (Wildman–Crippen MR) is 48.7 cm³/mol. The Morgan fingerprint density at radius 1 is 1.64 bits per heavy atom. The van der Waals surface area contributed by atoms with Crippen molar-refractivity contribution < 1.29 is 14.3 Å². The van der Waals surface area contributed by atoms with Gasteiger partial charge in [-0.15, -0.1) is 0 Å². The summed E-state index contributed by atoms with van der Waals surface area (Å²) in [6.07, 6.45) is 0. The van der Waals surface area contributed by atoms with Gasteiger partial charge in [0.2, 0.25) is 4.38 Å². The topological polar surface area (TPSA) is 35.5 Å². The Bertz CT molecular complexity index is 147. The molecule has 0 radical (unpaired) electrons. The molecule has 0 atom stereocenters. The third-order valence-electron chi connectivity index (χ3n) is 0.798. The number of thioether (sulfide) groups is 1. The molecule has 0 amide bonds. The summed E-state index contributed by atoms with van der Waals surface area (Å²) in [4.78, 5) is 10.6. The van der Waals surface area contributed by atoms with Crippen LogP contribution in [0.3, 0.4) is 0 Å². The van der Waals surface area contributed by atoms with Gasteiger partial charge in [0, 0.05) is 0 Å². The molecule has 0 spiro atoms. The Balaban J connectivity index is 3.38. The number of hydrogen-bond donors (Lipinski definition) is 0. The minimum atomic E-state index is -0.294. The van der Waals surface area contributed by atoms with Crippen LogP contribution in [0.2, 0.25) is 0 Å². The van der Waals surface area contributed by atoms with Crippen molar-refractivity contribution in [1.82, 2.24) is 0 Å². The fourth-order valence-electron chi connectivity index (χ4n) is 0.336. The number of hydrogen-bond acceptors (Lipinski definition) is 5. The number of thiocarbonyl (C=S) groups is 1. The van der Waals surface area contributed by atoms with Crippen molar-refractivity contribution in [3.63, 3.8) is 0 Å². The van der Waals surface area contributed by atoms with Crippen LogP contribution in [-0.4, -0.2) is 29.8 Å². The van der Waals surface area contributed by atoms with Gasteiger partial charge in [0.15, 0.2) is 0 Å². The number of esters is 1. The Morgan fingerprint density at radius 3 is 2.73 bits per heavy atom. The fraction of sp³-hybridized carbons (Fsp3) is 0.667. The molecule has 0 rings (SSSR count). The molecule has 0 aromatic heterocycles. The van der Waals surface area contributed by atoms with Crippen molar-refractivity contribution in [2.45, 2.75) is 6.92 Å². The zero-order chi connectivity index (χ0) is 8.69. The van der Waals surface area contributed by atoms with E-state index in [1.807, 2.05) is 6.92 Å². The second kappa shape index (κ2) is 6.42. The highest BCUT2D eigenvalue weighted by molar-refractivity contribution is 8.23. The van der Waals surface area contributed by atoms with Gasteiger partial charge in [0.1, 0.15) is 0 Å². The number of methoxy groups -OCH3 is 1. The first-order valence-electron chi connectivity index (χ1n) is 3.07. The second-order valence-corrected chi connectivity index (χ2v) is 3.13. The van der Waals surface area contributed by atoms with E-state index in [-0.39, 0.29) is 11.7 Å². The van der Waals surface area contributed by atoms with Crippen LogP contribution in [-0.2, 0) is 14.3 Å². The molecule has 0 bridgehead atoms. The maximum atomic E-state index is 10.6. The highest BCUT2D eigenvalue weighted by Gasteiger charge is 2.03. The molecule has 0 N–H and O–H groups in total. The lowest BCUT2D eigenvalue weighted by Gasteiger charge is -2.01. The minimum Gasteiger partial charge on any atom is -0.479 e. The molecule has 5 heteroatoms. The molecule has 0 aromatic rings. The van der Waals surface area contributed by atoms with Crippen molar-refractivity contribution in [3.05, 3.63) is 0 Å². The molecule has 0 aromatic carbocycles. The average molecular weight is 194 g/mol. The third kappa shape index (κ3) is 6.12. The van der Waals surface area contributed by atoms with Gasteiger partial charge < -0.3 is 9.47 Å². The van der Waals surface area contributed by atoms with Gasteiger partial charge >= 0.3 is 5.97 Å². The summed E-state index contributed by atoms with van der Waals surface area (Å²) in [6, 6.07) is 0. The SMILES string of the molecule is CCOC(=S)SCC(=O)OC. The minimum absolute atomic E-state index is 0.218. The Labute approximate surface area is 75.4 Å². The van der Waals surface area contributed by atoms with Crippen LogP contribution in [0.4, 0.5) is 0 Å². The van der Waals surface area contributed by atoms with Crippen LogP contribution in [0.5, 0.6) is 0 Å². The standard InChI is InChI=1S/C6H10O3S2/c1-3-9-6(10)11-4-5(7)8-2/h3-4H2,1-2H3. The van der Waals surface area contributed by atoms with Crippen LogP contribution in [0.15, 0.2) is 0 Å². The lowest BCUT2D eigenvalue weighted by Crippen LogP contribution is -2.06. The summed E-state index contributed by atoms with van der Waals surface area (Å²) in [6.45, 7) is 2.37. The first kappa shape index (κ1) is 10.7. The van der Waals surface area contributed by atoms with Crippen molar-refractivity contribution in [2.24, 2.45) is 0 Å². The van der Waals surface area contributed by atoms with E-state index >= 15 is 0 Å². The average Bonchev–Trinajstić information content (AvgIpc) is 2.01. The Hall–Kier alpha value is -0.290. The largest absolute Gasteiger partial charge is 0.479 e. The quantitative estimate of drug-likeness (QED) is 0.498. The number of ether oxygens (including phenoxy) is 2. The van der Waals surface area contributed by atoms with Crippen molar-refractivity contribution >= 4 is 34.3 Å². The van der Waals surface area contributed by atoms with E-state index in [0.717, 1.165) is 0 Å². The van der Waals surface area contributed by atoms with E-state index in [9.17, 15) is 4.79 Å². The summed E-state index contributed by atoms with van der Waals surface area (Å²) in [5.41, 5.74) is 0. The van der Waals surface area contributed by atoms with Crippen LogP contribution in [0.25, 0.3) is 0 Å². The molecular formula is C6H10O3S2. The van der Waals surface area contributed by atoms with Gasteiger partial charge in [-0.05, 0) is 19.1 Å². The molecule has 11 heavy (non-hydrogen) atoms. The molecular weight excluding hydrogens is 184 g/mol. The molecule has 0 aliphatic rings. The van der Waals surface area contributed by atoms with Gasteiger partial charge in [-0.25, -0.2) is 0 Å². The van der Waals surface area contributed by atoms with Crippen LogP contribution in [0.1, 0.15) is 6.92 Å². The number of carbonyl (C=O) groups excluding carboxylic acids is 1. The van der Waals surface area contributed by atoms with Crippen LogP contribution in [0, 0.1) is 0 Å². The number of carbonyl (C=O) groups is 1. The maximum absolute atomic E-state index is 10.6. The first-order valence-corrected chi connectivity index (χ1v) is 4.46. The van der Waals surface area contributed by atoms with E-state index in [2.05, 4.69) is 4.74 Å². The van der Waals surface area contributed by atoms with Gasteiger partial charge in [-0.1, -0.05) is 11.8 Å². The molecule has 64 valence electrons. The second-order valence-electron chi connectivity index (χ2n) is 1.55. The van der Waals surface area contributed by atoms with E-state index in [1.54, 1.807) is 0 Å². The van der Waals surface area contributed by atoms with E-state index in [0.29, 0.717) is 11.0 Å². The summed E-state index contributed by atoms with van der Waals surface area (Å²) in [7, 11) is 1.34. The van der Waals surface area contributed by atoms with Crippen LogP contribution < -0.4 is 0 Å². The highest BCUT2D eigenvalue weighted by atomic mass is 32.2. The molecule has 0 heterocycles. The zero-order valence-corrected chi connectivity index (χ0v) is 8.09. The monoisotopic (exact) mass is 194 g/mol. The molecule has 0 saturated heterocycles. The zero-order valence-electron chi connectivity index (χ0n) is 6.46. The van der Waals surface area contributed by atoms with Crippen molar-refractivity contribution in [1.29, 1.82) is 0 Å². The van der Waals surface area contributed by atoms with E-state index in [4.69, 9.17) is 17.0 Å². The van der Waals surface area contributed by atoms with Gasteiger partial charge in [0.25, 0.3) is 0 Å². The maximum Gasteiger partial charge on any atom is 0.316 e. The Kier molecular flexibility index (Phi) is 6.25. The van der Waals surface area contributed by atoms with E-state index in [1.165, 1.54) is 18.9 Å². The molecule has 0 saturated carbocycles. The van der Waals surface area contributed by atoms with Gasteiger partial charge in [0.05, 0.1) is 19.5 Å². The Morgan fingerprint density at radius 2 is 2.27 bits per heavy atom. The molecule has 0 aliphatic heterocycles. The molecule has 3 nitrogen and oxygen atoms in total. The summed E-state index contributed by atoms with van der Waals surface area (Å²) in [5, 5.41) is 0. The van der Waals surface area contributed by atoms with Gasteiger partial charge in [-0.2, -0.15) is 0 Å².